The Hall–Kier alpha value is -1.47. The summed E-state index contributed by atoms with van der Waals surface area (Å²) in [6, 6.07) is 9.60. The quantitative estimate of drug-likeness (QED) is 0.582. The van der Waals surface area contributed by atoms with Crippen molar-refractivity contribution in [1.82, 2.24) is 0 Å². The monoisotopic (exact) mass is 388 g/mol. The molecule has 0 N–H and O–H groups in total. The maximum Gasteiger partial charge on any atom is 0.312 e. The van der Waals surface area contributed by atoms with E-state index in [1.165, 1.54) is 0 Å². The number of hydrogen-bond acceptors (Lipinski definition) is 6. The molecular weight excluding hydrogens is 360 g/mol. The van der Waals surface area contributed by atoms with Crippen LogP contribution in [-0.2, 0) is 35.2 Å². The molecule has 5 aliphatic rings. The first kappa shape index (κ1) is 18.6. The van der Waals surface area contributed by atoms with Crippen LogP contribution in [0.5, 0.6) is 0 Å². The molecule has 0 amide bonds. The van der Waals surface area contributed by atoms with Crippen LogP contribution >= 0.6 is 0 Å². The minimum Gasteiger partial charge on any atom is -0.435 e. The first-order valence-electron chi connectivity index (χ1n) is 10.3. The van der Waals surface area contributed by atoms with E-state index >= 15 is 0 Å². The molecule has 28 heavy (non-hydrogen) atoms. The fourth-order valence-corrected chi connectivity index (χ4v) is 5.75. The lowest BCUT2D eigenvalue weighted by Crippen LogP contribution is -2.76. The minimum atomic E-state index is -0.813. The van der Waals surface area contributed by atoms with E-state index in [-0.39, 0.29) is 24.2 Å². The van der Waals surface area contributed by atoms with Crippen LogP contribution in [0.25, 0.3) is 0 Å². The van der Waals surface area contributed by atoms with Crippen LogP contribution < -0.4 is 0 Å². The molecule has 4 saturated heterocycles. The van der Waals surface area contributed by atoms with Gasteiger partial charge in [-0.3, -0.25) is 4.79 Å². The maximum atomic E-state index is 12.5. The van der Waals surface area contributed by atoms with Crippen molar-refractivity contribution in [3.05, 3.63) is 35.9 Å². The second-order valence-electron chi connectivity index (χ2n) is 9.09. The average molecular weight is 388 g/mol. The van der Waals surface area contributed by atoms with Gasteiger partial charge in [0.2, 0.25) is 12.1 Å². The second-order valence-corrected chi connectivity index (χ2v) is 9.09. The summed E-state index contributed by atoms with van der Waals surface area (Å²) < 4.78 is 18.2. The lowest BCUT2D eigenvalue weighted by Gasteiger charge is -2.66. The highest BCUT2D eigenvalue weighted by atomic mass is 17.3. The van der Waals surface area contributed by atoms with Crippen LogP contribution in [0.15, 0.2) is 30.3 Å². The number of fused-ring (bicyclic) bond motifs is 1. The van der Waals surface area contributed by atoms with Gasteiger partial charge in [-0.1, -0.05) is 44.2 Å². The molecule has 4 unspecified atom stereocenters. The Morgan fingerprint density at radius 2 is 1.93 bits per heavy atom. The van der Waals surface area contributed by atoms with E-state index in [1.54, 1.807) is 0 Å². The average Bonchev–Trinajstić information content (AvgIpc) is 2.67. The molecule has 0 aromatic heterocycles. The highest BCUT2D eigenvalue weighted by Gasteiger charge is 2.72. The summed E-state index contributed by atoms with van der Waals surface area (Å²) in [7, 11) is 0. The summed E-state index contributed by atoms with van der Waals surface area (Å²) >= 11 is 0. The minimum absolute atomic E-state index is 0.000583. The van der Waals surface area contributed by atoms with Crippen molar-refractivity contribution in [3.63, 3.8) is 0 Å². The zero-order chi connectivity index (χ0) is 19.5. The third kappa shape index (κ3) is 2.73. The molecule has 152 valence electrons. The molecule has 1 spiro atoms. The van der Waals surface area contributed by atoms with E-state index in [0.717, 1.165) is 24.8 Å². The molecular formula is C22H28O6. The number of esters is 1. The fraction of sp³-hybridized carbons (Fsp3) is 0.682. The largest absolute Gasteiger partial charge is 0.435 e. The molecule has 4 heterocycles. The molecule has 1 aromatic rings. The smallest absolute Gasteiger partial charge is 0.312 e. The number of rotatable bonds is 3. The van der Waals surface area contributed by atoms with Crippen molar-refractivity contribution in [2.45, 2.75) is 70.4 Å². The summed E-state index contributed by atoms with van der Waals surface area (Å²) in [4.78, 5) is 24.2. The van der Waals surface area contributed by atoms with E-state index in [2.05, 4.69) is 13.8 Å². The normalized spacial score (nSPS) is 46.7. The lowest BCUT2D eigenvalue weighted by molar-refractivity contribution is -0.614. The molecule has 6 heteroatoms. The van der Waals surface area contributed by atoms with Crippen molar-refractivity contribution < 1.29 is 28.8 Å². The molecule has 5 fully saturated rings. The second kappa shape index (κ2) is 6.52. The summed E-state index contributed by atoms with van der Waals surface area (Å²) in [5.74, 6) is -0.116. The van der Waals surface area contributed by atoms with Gasteiger partial charge in [0.25, 0.3) is 0 Å². The van der Waals surface area contributed by atoms with Gasteiger partial charge in [-0.25, -0.2) is 9.78 Å². The molecule has 1 aromatic carbocycles. The van der Waals surface area contributed by atoms with E-state index < -0.39 is 24.0 Å². The Kier molecular flexibility index (Phi) is 4.32. The number of hydrogen-bond donors (Lipinski definition) is 0. The van der Waals surface area contributed by atoms with Crippen LogP contribution in [0.2, 0.25) is 0 Å². The van der Waals surface area contributed by atoms with Crippen molar-refractivity contribution >= 4 is 5.97 Å². The Balaban J connectivity index is 1.37. The topological polar surface area (TPSA) is 63.2 Å². The zero-order valence-electron chi connectivity index (χ0n) is 16.6. The van der Waals surface area contributed by atoms with Crippen LogP contribution in [0.4, 0.5) is 0 Å². The standard InChI is InChI=1S/C22H28O6/c1-13-9-10-16-14(2)19(24-18(23)11-15-7-5-4-6-8-15)25-20-22(16)17(13)12-21(3,26-20)27-28-22/h4-8,13-14,16-17,19-20H,9-12H2,1-3H3/t13-,14-,16?,17?,19?,20-,21?,22+/m1/s1. The van der Waals surface area contributed by atoms with Gasteiger partial charge in [-0.15, -0.1) is 0 Å². The number of carbonyl (C=O) groups is 1. The van der Waals surface area contributed by atoms with Crippen molar-refractivity contribution in [3.8, 4) is 0 Å². The summed E-state index contributed by atoms with van der Waals surface area (Å²) in [5.41, 5.74) is 0.313. The molecule has 6 rings (SSSR count). The van der Waals surface area contributed by atoms with Crippen LogP contribution in [-0.4, -0.2) is 29.9 Å². The molecule has 1 aliphatic carbocycles. The summed E-state index contributed by atoms with van der Waals surface area (Å²) in [6.07, 6.45) is 1.91. The van der Waals surface area contributed by atoms with Crippen molar-refractivity contribution in [2.75, 3.05) is 0 Å². The van der Waals surface area contributed by atoms with Gasteiger partial charge in [0.15, 0.2) is 11.9 Å². The first-order chi connectivity index (χ1) is 13.4. The summed E-state index contributed by atoms with van der Waals surface area (Å²) in [5, 5.41) is 0. The number of carbonyl (C=O) groups excluding carboxylic acids is 1. The maximum absolute atomic E-state index is 12.5. The van der Waals surface area contributed by atoms with Gasteiger partial charge in [-0.05, 0) is 31.2 Å². The van der Waals surface area contributed by atoms with E-state index in [9.17, 15) is 4.79 Å². The Labute approximate surface area is 165 Å². The van der Waals surface area contributed by atoms with Gasteiger partial charge in [0.05, 0.1) is 6.42 Å². The fourth-order valence-electron chi connectivity index (χ4n) is 5.75. The molecule has 4 aliphatic heterocycles. The van der Waals surface area contributed by atoms with Crippen molar-refractivity contribution in [1.29, 1.82) is 0 Å². The highest BCUT2D eigenvalue weighted by Crippen LogP contribution is 2.62. The lowest BCUT2D eigenvalue weighted by atomic mass is 9.56. The van der Waals surface area contributed by atoms with Crippen LogP contribution in [0.3, 0.4) is 0 Å². The zero-order valence-corrected chi connectivity index (χ0v) is 16.6. The first-order valence-corrected chi connectivity index (χ1v) is 10.3. The molecule has 6 nitrogen and oxygen atoms in total. The molecule has 1 saturated carbocycles. The molecule has 8 atom stereocenters. The predicted molar refractivity (Wildman–Crippen MR) is 98.4 cm³/mol. The SMILES string of the molecule is C[C@H]1C(OC(=O)Cc2ccccc2)O[C@@H]2OC3(C)CC4[C@H](C)CCC1[C@]42OO3. The Bertz CT molecular complexity index is 753. The van der Waals surface area contributed by atoms with Gasteiger partial charge in [-0.2, -0.15) is 0 Å². The third-order valence-corrected chi connectivity index (χ3v) is 7.22. The van der Waals surface area contributed by atoms with Crippen LogP contribution in [0.1, 0.15) is 45.6 Å². The summed E-state index contributed by atoms with van der Waals surface area (Å²) in [6.45, 7) is 6.25. The van der Waals surface area contributed by atoms with E-state index in [1.807, 2.05) is 37.3 Å². The third-order valence-electron chi connectivity index (χ3n) is 7.22. The van der Waals surface area contributed by atoms with E-state index in [4.69, 9.17) is 24.0 Å². The molecule has 0 radical (unpaired) electrons. The number of ether oxygens (including phenoxy) is 3. The molecule has 2 bridgehead atoms. The van der Waals surface area contributed by atoms with Gasteiger partial charge in [0, 0.05) is 24.2 Å². The highest BCUT2D eigenvalue weighted by molar-refractivity contribution is 5.72. The number of benzene rings is 1. The van der Waals surface area contributed by atoms with Crippen molar-refractivity contribution in [2.24, 2.45) is 23.7 Å². The van der Waals surface area contributed by atoms with Crippen LogP contribution in [0, 0.1) is 23.7 Å². The Morgan fingerprint density at radius 1 is 1.14 bits per heavy atom. The van der Waals surface area contributed by atoms with E-state index in [0.29, 0.717) is 11.8 Å². The Morgan fingerprint density at radius 3 is 2.71 bits per heavy atom. The predicted octanol–water partition coefficient (Wildman–Crippen LogP) is 3.59. The van der Waals surface area contributed by atoms with Gasteiger partial charge in [0.1, 0.15) is 0 Å². The van der Waals surface area contributed by atoms with Gasteiger partial charge < -0.3 is 14.2 Å². The van der Waals surface area contributed by atoms with Gasteiger partial charge >= 0.3 is 5.97 Å².